The fraction of sp³-hybridized carbons (Fsp3) is 0.786. The van der Waals surface area contributed by atoms with Gasteiger partial charge < -0.3 is 10.2 Å². The zero-order valence-corrected chi connectivity index (χ0v) is 12.7. The van der Waals surface area contributed by atoms with Crippen molar-refractivity contribution in [3.8, 4) is 0 Å². The third kappa shape index (κ3) is 5.19. The van der Waals surface area contributed by atoms with Crippen LogP contribution in [0.5, 0.6) is 0 Å². The highest BCUT2D eigenvalue weighted by Gasteiger charge is 2.13. The van der Waals surface area contributed by atoms with Gasteiger partial charge in [-0.05, 0) is 54.8 Å². The van der Waals surface area contributed by atoms with Crippen molar-refractivity contribution in [1.82, 2.24) is 20.0 Å². The third-order valence-electron chi connectivity index (χ3n) is 2.99. The Morgan fingerprint density at radius 3 is 2.56 bits per heavy atom. The molecule has 1 heterocycles. The van der Waals surface area contributed by atoms with Gasteiger partial charge in [0.05, 0.1) is 11.7 Å². The molecule has 0 bridgehead atoms. The van der Waals surface area contributed by atoms with Crippen LogP contribution in [0.3, 0.4) is 0 Å². The Morgan fingerprint density at radius 2 is 2.06 bits per heavy atom. The Morgan fingerprint density at radius 1 is 1.39 bits per heavy atom. The highest BCUT2D eigenvalue weighted by atomic mass is 15.3. The Bertz CT molecular complexity index is 349. The van der Waals surface area contributed by atoms with Gasteiger partial charge in [-0.2, -0.15) is 5.10 Å². The summed E-state index contributed by atoms with van der Waals surface area (Å²) in [6.07, 6.45) is 5.25. The van der Waals surface area contributed by atoms with Crippen LogP contribution < -0.4 is 5.32 Å². The molecule has 0 spiro atoms. The minimum Gasteiger partial charge on any atom is -0.310 e. The van der Waals surface area contributed by atoms with E-state index < -0.39 is 0 Å². The van der Waals surface area contributed by atoms with Gasteiger partial charge in [-0.25, -0.2) is 0 Å². The largest absolute Gasteiger partial charge is 0.310 e. The number of nitrogens with one attached hydrogen (secondary N) is 1. The van der Waals surface area contributed by atoms with E-state index in [-0.39, 0.29) is 5.54 Å². The average molecular weight is 252 g/mol. The summed E-state index contributed by atoms with van der Waals surface area (Å²) in [5.74, 6) is 0. The molecule has 1 N–H and O–H groups in total. The molecule has 1 unspecified atom stereocenters. The quantitative estimate of drug-likeness (QED) is 0.841. The normalized spacial score (nSPS) is 14.2. The van der Waals surface area contributed by atoms with Gasteiger partial charge in [0.15, 0.2) is 0 Å². The monoisotopic (exact) mass is 252 g/mol. The van der Waals surface area contributed by atoms with Crippen molar-refractivity contribution in [1.29, 1.82) is 0 Å². The van der Waals surface area contributed by atoms with Gasteiger partial charge in [0.2, 0.25) is 0 Å². The highest BCUT2D eigenvalue weighted by molar-refractivity contribution is 5.05. The van der Waals surface area contributed by atoms with E-state index in [1.165, 1.54) is 12.0 Å². The molecule has 0 aromatic carbocycles. The fourth-order valence-corrected chi connectivity index (χ4v) is 1.66. The summed E-state index contributed by atoms with van der Waals surface area (Å²) < 4.78 is 2.02. The molecule has 0 radical (unpaired) electrons. The molecule has 0 saturated carbocycles. The standard InChI is InChI=1S/C14H28N4/c1-12(7-8-17(5)6)15-9-13-10-16-18(11-13)14(2,3)4/h10-12,15H,7-9H2,1-6H3. The summed E-state index contributed by atoms with van der Waals surface area (Å²) in [5.41, 5.74) is 1.32. The number of nitrogens with zero attached hydrogens (tertiary/aromatic N) is 3. The van der Waals surface area contributed by atoms with Crippen LogP contribution in [0.1, 0.15) is 39.7 Å². The van der Waals surface area contributed by atoms with E-state index in [1.54, 1.807) is 0 Å². The van der Waals surface area contributed by atoms with E-state index in [9.17, 15) is 0 Å². The van der Waals surface area contributed by atoms with Crippen LogP contribution in [0.4, 0.5) is 0 Å². The molecular weight excluding hydrogens is 224 g/mol. The van der Waals surface area contributed by atoms with Crippen LogP contribution in [-0.4, -0.2) is 41.4 Å². The maximum Gasteiger partial charge on any atom is 0.0543 e. The first kappa shape index (κ1) is 15.2. The van der Waals surface area contributed by atoms with E-state index >= 15 is 0 Å². The molecule has 4 heteroatoms. The Kier molecular flexibility index (Phi) is 5.35. The summed E-state index contributed by atoms with van der Waals surface area (Å²) in [7, 11) is 4.22. The maximum atomic E-state index is 4.41. The molecule has 0 fully saturated rings. The van der Waals surface area contributed by atoms with Crippen LogP contribution in [0, 0.1) is 0 Å². The fourth-order valence-electron chi connectivity index (χ4n) is 1.66. The lowest BCUT2D eigenvalue weighted by Crippen LogP contribution is -2.29. The highest BCUT2D eigenvalue weighted by Crippen LogP contribution is 2.13. The lowest BCUT2D eigenvalue weighted by Gasteiger charge is -2.19. The van der Waals surface area contributed by atoms with Crippen molar-refractivity contribution >= 4 is 0 Å². The number of hydrogen-bond acceptors (Lipinski definition) is 3. The zero-order chi connectivity index (χ0) is 13.8. The van der Waals surface area contributed by atoms with Crippen molar-refractivity contribution in [3.63, 3.8) is 0 Å². The number of hydrogen-bond donors (Lipinski definition) is 1. The summed E-state index contributed by atoms with van der Waals surface area (Å²) in [4.78, 5) is 2.22. The molecule has 0 aliphatic rings. The van der Waals surface area contributed by atoms with Gasteiger partial charge >= 0.3 is 0 Å². The van der Waals surface area contributed by atoms with Crippen molar-refractivity contribution < 1.29 is 0 Å². The molecule has 1 rings (SSSR count). The van der Waals surface area contributed by atoms with Crippen LogP contribution in [0.25, 0.3) is 0 Å². The lowest BCUT2D eigenvalue weighted by molar-refractivity contribution is 0.354. The zero-order valence-electron chi connectivity index (χ0n) is 12.7. The van der Waals surface area contributed by atoms with Crippen LogP contribution in [-0.2, 0) is 12.1 Å². The molecule has 4 nitrogen and oxygen atoms in total. The lowest BCUT2D eigenvalue weighted by atomic mass is 10.1. The van der Waals surface area contributed by atoms with Gasteiger partial charge in [0.1, 0.15) is 0 Å². The van der Waals surface area contributed by atoms with Crippen molar-refractivity contribution in [2.75, 3.05) is 20.6 Å². The van der Waals surface area contributed by atoms with E-state index in [4.69, 9.17) is 0 Å². The van der Waals surface area contributed by atoms with Gasteiger partial charge in [-0.1, -0.05) is 0 Å². The Balaban J connectivity index is 2.37. The van der Waals surface area contributed by atoms with Crippen molar-refractivity contribution in [2.45, 2.75) is 52.2 Å². The Labute approximate surface area is 111 Å². The molecule has 18 heavy (non-hydrogen) atoms. The van der Waals surface area contributed by atoms with E-state index in [1.807, 2.05) is 10.9 Å². The number of aromatic nitrogens is 2. The number of rotatable bonds is 6. The molecule has 0 amide bonds. The van der Waals surface area contributed by atoms with Crippen molar-refractivity contribution in [3.05, 3.63) is 18.0 Å². The van der Waals surface area contributed by atoms with E-state index in [0.717, 1.165) is 13.1 Å². The molecule has 0 aliphatic carbocycles. The first-order chi connectivity index (χ1) is 8.29. The molecular formula is C14H28N4. The van der Waals surface area contributed by atoms with Crippen LogP contribution >= 0.6 is 0 Å². The topological polar surface area (TPSA) is 33.1 Å². The second-order valence-corrected chi connectivity index (χ2v) is 6.34. The molecule has 1 aromatic rings. The SMILES string of the molecule is CC(CCN(C)C)NCc1cnn(C(C)(C)C)c1. The maximum absolute atomic E-state index is 4.41. The third-order valence-corrected chi connectivity index (χ3v) is 2.99. The summed E-state index contributed by atoms with van der Waals surface area (Å²) >= 11 is 0. The van der Waals surface area contributed by atoms with Gasteiger partial charge in [0, 0.05) is 24.3 Å². The molecule has 1 atom stereocenters. The van der Waals surface area contributed by atoms with E-state index in [0.29, 0.717) is 6.04 Å². The van der Waals surface area contributed by atoms with Crippen LogP contribution in [0.2, 0.25) is 0 Å². The molecule has 104 valence electrons. The second kappa shape index (κ2) is 6.34. The summed E-state index contributed by atoms with van der Waals surface area (Å²) in [6.45, 7) is 10.7. The van der Waals surface area contributed by atoms with Gasteiger partial charge in [0.25, 0.3) is 0 Å². The first-order valence-corrected chi connectivity index (χ1v) is 6.71. The minimum atomic E-state index is 0.0643. The predicted octanol–water partition coefficient (Wildman–Crippen LogP) is 2.07. The first-order valence-electron chi connectivity index (χ1n) is 6.71. The smallest absolute Gasteiger partial charge is 0.0543 e. The van der Waals surface area contributed by atoms with Gasteiger partial charge in [-0.3, -0.25) is 4.68 Å². The average Bonchev–Trinajstić information content (AvgIpc) is 2.71. The minimum absolute atomic E-state index is 0.0643. The second-order valence-electron chi connectivity index (χ2n) is 6.34. The molecule has 0 aliphatic heterocycles. The predicted molar refractivity (Wildman–Crippen MR) is 76.7 cm³/mol. The van der Waals surface area contributed by atoms with E-state index in [2.05, 4.69) is 63.3 Å². The summed E-state index contributed by atoms with van der Waals surface area (Å²) in [6, 6.07) is 0.533. The van der Waals surface area contributed by atoms with Crippen LogP contribution in [0.15, 0.2) is 12.4 Å². The summed E-state index contributed by atoms with van der Waals surface area (Å²) in [5, 5.41) is 7.95. The van der Waals surface area contributed by atoms with Gasteiger partial charge in [-0.15, -0.1) is 0 Å². The molecule has 0 saturated heterocycles. The Hall–Kier alpha value is -0.870. The van der Waals surface area contributed by atoms with Crippen molar-refractivity contribution in [2.24, 2.45) is 0 Å². The molecule has 1 aromatic heterocycles.